The topological polar surface area (TPSA) is 47.6 Å². The monoisotopic (exact) mass is 442 g/mol. The number of hydrogen-bond acceptors (Lipinski definition) is 3. The van der Waals surface area contributed by atoms with Gasteiger partial charge in [0.2, 0.25) is 0 Å². The molecule has 0 saturated carbocycles. The Balaban J connectivity index is 1.41. The Morgan fingerprint density at radius 1 is 1.03 bits per heavy atom. The summed E-state index contributed by atoms with van der Waals surface area (Å²) in [7, 11) is 0. The quantitative estimate of drug-likeness (QED) is 0.594. The highest BCUT2D eigenvalue weighted by Gasteiger charge is 2.20. The zero-order valence-corrected chi connectivity index (χ0v) is 19.5. The number of piperidine rings is 1. The minimum absolute atomic E-state index is 0.0752. The van der Waals surface area contributed by atoms with Gasteiger partial charge in [-0.2, -0.15) is 0 Å². The molecule has 0 spiro atoms. The predicted octanol–water partition coefficient (Wildman–Crippen LogP) is 4.65. The molecule has 1 aliphatic rings. The predicted molar refractivity (Wildman–Crippen MR) is 128 cm³/mol. The number of likely N-dealkylation sites (tertiary alicyclic amines) is 1. The van der Waals surface area contributed by atoms with Gasteiger partial charge in [0, 0.05) is 43.8 Å². The van der Waals surface area contributed by atoms with E-state index in [2.05, 4.69) is 64.6 Å². The van der Waals surface area contributed by atoms with E-state index in [1.165, 1.54) is 16.7 Å². The maximum Gasteiger partial charge on any atom is 0.315 e. The molecule has 5 nitrogen and oxygen atoms in total. The first kappa shape index (κ1) is 23.6. The maximum atomic E-state index is 12.5. The largest absolute Gasteiger partial charge is 0.335 e. The van der Waals surface area contributed by atoms with Crippen LogP contribution in [-0.2, 0) is 19.6 Å². The standard InChI is InChI=1S/C25H35ClN4O/c1-3-29(4-2)19-22-8-6-5-7-21(22)17-27-25(31)28-24-13-15-30(16-14-24)18-20-9-11-23(26)12-10-20/h5-12,24H,3-4,13-19H2,1-2H3,(H2,27,28,31). The number of nitrogens with one attached hydrogen (secondary N) is 2. The van der Waals surface area contributed by atoms with Gasteiger partial charge < -0.3 is 10.6 Å². The second-order valence-corrected chi connectivity index (χ2v) is 8.67. The molecule has 1 aliphatic heterocycles. The van der Waals surface area contributed by atoms with Gasteiger partial charge in [-0.3, -0.25) is 9.80 Å². The van der Waals surface area contributed by atoms with Crippen molar-refractivity contribution < 1.29 is 4.79 Å². The van der Waals surface area contributed by atoms with E-state index in [0.29, 0.717) is 6.54 Å². The molecule has 1 heterocycles. The summed E-state index contributed by atoms with van der Waals surface area (Å²) in [5.41, 5.74) is 3.74. The SMILES string of the molecule is CCN(CC)Cc1ccccc1CNC(=O)NC1CCN(Cc2ccc(Cl)cc2)CC1. The number of hydrogen-bond donors (Lipinski definition) is 2. The molecule has 31 heavy (non-hydrogen) atoms. The third kappa shape index (κ3) is 7.53. The van der Waals surface area contributed by atoms with E-state index in [1.54, 1.807) is 0 Å². The highest BCUT2D eigenvalue weighted by Crippen LogP contribution is 2.16. The van der Waals surface area contributed by atoms with Crippen molar-refractivity contribution in [3.63, 3.8) is 0 Å². The van der Waals surface area contributed by atoms with Crippen LogP contribution in [0.2, 0.25) is 5.02 Å². The van der Waals surface area contributed by atoms with E-state index < -0.39 is 0 Å². The number of carbonyl (C=O) groups is 1. The van der Waals surface area contributed by atoms with Gasteiger partial charge in [0.05, 0.1) is 0 Å². The van der Waals surface area contributed by atoms with Crippen LogP contribution in [-0.4, -0.2) is 48.1 Å². The summed E-state index contributed by atoms with van der Waals surface area (Å²) in [4.78, 5) is 17.3. The molecule has 0 atom stereocenters. The summed E-state index contributed by atoms with van der Waals surface area (Å²) in [6.45, 7) is 10.8. The molecule has 0 aliphatic carbocycles. The number of urea groups is 1. The van der Waals surface area contributed by atoms with Crippen LogP contribution in [0.4, 0.5) is 4.79 Å². The van der Waals surface area contributed by atoms with Crippen LogP contribution in [0.3, 0.4) is 0 Å². The Morgan fingerprint density at radius 3 is 2.32 bits per heavy atom. The molecule has 1 fully saturated rings. The molecule has 2 aromatic carbocycles. The fourth-order valence-corrected chi connectivity index (χ4v) is 4.19. The molecular formula is C25H35ClN4O. The Bertz CT molecular complexity index is 815. The van der Waals surface area contributed by atoms with E-state index in [9.17, 15) is 4.79 Å². The van der Waals surface area contributed by atoms with Gasteiger partial charge in [0.25, 0.3) is 0 Å². The number of benzene rings is 2. The highest BCUT2D eigenvalue weighted by molar-refractivity contribution is 6.30. The van der Waals surface area contributed by atoms with Crippen molar-refractivity contribution in [3.8, 4) is 0 Å². The highest BCUT2D eigenvalue weighted by atomic mass is 35.5. The summed E-state index contributed by atoms with van der Waals surface area (Å²) < 4.78 is 0. The molecule has 2 amide bonds. The Hall–Kier alpha value is -2.08. The van der Waals surface area contributed by atoms with Crippen LogP contribution in [0.1, 0.15) is 43.4 Å². The van der Waals surface area contributed by atoms with Gasteiger partial charge in [-0.15, -0.1) is 0 Å². The van der Waals surface area contributed by atoms with Crippen molar-refractivity contribution in [2.45, 2.75) is 52.4 Å². The lowest BCUT2D eigenvalue weighted by atomic mass is 10.0. The molecule has 3 rings (SSSR count). The van der Waals surface area contributed by atoms with E-state index >= 15 is 0 Å². The summed E-state index contributed by atoms with van der Waals surface area (Å²) in [6, 6.07) is 16.6. The van der Waals surface area contributed by atoms with E-state index in [4.69, 9.17) is 11.6 Å². The summed E-state index contributed by atoms with van der Waals surface area (Å²) in [5, 5.41) is 6.99. The lowest BCUT2D eigenvalue weighted by molar-refractivity contribution is 0.186. The Kier molecular flexibility index (Phi) is 9.19. The molecule has 168 valence electrons. The smallest absolute Gasteiger partial charge is 0.315 e. The first-order chi connectivity index (χ1) is 15.1. The van der Waals surface area contributed by atoms with Gasteiger partial charge in [0.1, 0.15) is 0 Å². The van der Waals surface area contributed by atoms with Crippen molar-refractivity contribution in [1.29, 1.82) is 0 Å². The van der Waals surface area contributed by atoms with Crippen LogP contribution in [0, 0.1) is 0 Å². The number of rotatable bonds is 9. The minimum atomic E-state index is -0.0752. The third-order valence-electron chi connectivity index (χ3n) is 6.09. The number of nitrogens with zero attached hydrogens (tertiary/aromatic N) is 2. The summed E-state index contributed by atoms with van der Waals surface area (Å²) >= 11 is 5.97. The van der Waals surface area contributed by atoms with Gasteiger partial charge in [-0.25, -0.2) is 4.79 Å². The van der Waals surface area contributed by atoms with Crippen molar-refractivity contribution in [1.82, 2.24) is 20.4 Å². The van der Waals surface area contributed by atoms with Crippen molar-refractivity contribution in [3.05, 3.63) is 70.2 Å². The maximum absolute atomic E-state index is 12.5. The molecule has 6 heteroatoms. The zero-order valence-electron chi connectivity index (χ0n) is 18.7. The Labute approximate surface area is 191 Å². The van der Waals surface area contributed by atoms with Crippen LogP contribution >= 0.6 is 11.6 Å². The van der Waals surface area contributed by atoms with Crippen LogP contribution < -0.4 is 10.6 Å². The number of amides is 2. The van der Waals surface area contributed by atoms with Crippen molar-refractivity contribution >= 4 is 17.6 Å². The van der Waals surface area contributed by atoms with Crippen molar-refractivity contribution in [2.24, 2.45) is 0 Å². The lowest BCUT2D eigenvalue weighted by Gasteiger charge is -2.32. The number of halogens is 1. The third-order valence-corrected chi connectivity index (χ3v) is 6.34. The van der Waals surface area contributed by atoms with Crippen molar-refractivity contribution in [2.75, 3.05) is 26.2 Å². The fourth-order valence-electron chi connectivity index (χ4n) is 4.07. The fraction of sp³-hybridized carbons (Fsp3) is 0.480. The zero-order chi connectivity index (χ0) is 22.1. The van der Waals surface area contributed by atoms with Crippen LogP contribution in [0.5, 0.6) is 0 Å². The van der Waals surface area contributed by atoms with Crippen LogP contribution in [0.25, 0.3) is 0 Å². The van der Waals surface area contributed by atoms with Crippen LogP contribution in [0.15, 0.2) is 48.5 Å². The van der Waals surface area contributed by atoms with Gasteiger partial charge in [-0.05, 0) is 54.8 Å². The second-order valence-electron chi connectivity index (χ2n) is 8.23. The lowest BCUT2D eigenvalue weighted by Crippen LogP contribution is -2.47. The normalized spacial score (nSPS) is 15.2. The molecule has 0 unspecified atom stereocenters. The Morgan fingerprint density at radius 2 is 1.68 bits per heavy atom. The molecule has 2 N–H and O–H groups in total. The molecular weight excluding hydrogens is 408 g/mol. The van der Waals surface area contributed by atoms with Gasteiger partial charge in [0.15, 0.2) is 0 Å². The molecule has 0 radical (unpaired) electrons. The first-order valence-electron chi connectivity index (χ1n) is 11.4. The second kappa shape index (κ2) is 12.1. The van der Waals surface area contributed by atoms with E-state index in [-0.39, 0.29) is 12.1 Å². The van der Waals surface area contributed by atoms with E-state index in [1.807, 2.05) is 18.2 Å². The first-order valence-corrected chi connectivity index (χ1v) is 11.8. The molecule has 0 aromatic heterocycles. The summed E-state index contributed by atoms with van der Waals surface area (Å²) in [5.74, 6) is 0. The molecule has 2 aromatic rings. The summed E-state index contributed by atoms with van der Waals surface area (Å²) in [6.07, 6.45) is 1.94. The number of carbonyl (C=O) groups excluding carboxylic acids is 1. The molecule has 1 saturated heterocycles. The molecule has 0 bridgehead atoms. The average Bonchev–Trinajstić information content (AvgIpc) is 2.79. The van der Waals surface area contributed by atoms with E-state index in [0.717, 1.165) is 57.1 Å². The average molecular weight is 443 g/mol. The van der Waals surface area contributed by atoms with Gasteiger partial charge in [-0.1, -0.05) is 61.8 Å². The van der Waals surface area contributed by atoms with Gasteiger partial charge >= 0.3 is 6.03 Å². The minimum Gasteiger partial charge on any atom is -0.335 e.